The third-order valence-electron chi connectivity index (χ3n) is 5.10. The van der Waals surface area contributed by atoms with Crippen LogP contribution in [-0.4, -0.2) is 19.3 Å². The van der Waals surface area contributed by atoms with E-state index in [1.807, 2.05) is 34.6 Å². The van der Waals surface area contributed by atoms with Gasteiger partial charge in [0.2, 0.25) is 0 Å². The molecule has 1 unspecified atom stereocenters. The molecule has 0 heterocycles. The van der Waals surface area contributed by atoms with E-state index in [1.54, 1.807) is 32.4 Å². The predicted molar refractivity (Wildman–Crippen MR) is 98.0 cm³/mol. The van der Waals surface area contributed by atoms with Crippen LogP contribution in [0.5, 0.6) is 11.5 Å². The smallest absolute Gasteiger partial charge is 0.129 e. The first-order valence-electron chi connectivity index (χ1n) is 8.41. The van der Waals surface area contributed by atoms with Gasteiger partial charge in [-0.1, -0.05) is 32.0 Å². The van der Waals surface area contributed by atoms with Crippen LogP contribution >= 0.6 is 0 Å². The fraction of sp³-hybridized carbons (Fsp3) is 0.429. The van der Waals surface area contributed by atoms with Crippen molar-refractivity contribution in [1.29, 1.82) is 0 Å². The molecule has 0 spiro atoms. The van der Waals surface area contributed by atoms with E-state index in [4.69, 9.17) is 9.47 Å². The molecular weight excluding hydrogens is 319 g/mol. The summed E-state index contributed by atoms with van der Waals surface area (Å²) >= 11 is 0. The molecule has 0 aliphatic heterocycles. The Kier molecular flexibility index (Phi) is 5.43. The van der Waals surface area contributed by atoms with Crippen molar-refractivity contribution in [1.82, 2.24) is 0 Å². The molecule has 0 aromatic heterocycles. The van der Waals surface area contributed by atoms with E-state index >= 15 is 0 Å². The van der Waals surface area contributed by atoms with Crippen LogP contribution in [-0.2, 0) is 5.60 Å². The lowest BCUT2D eigenvalue weighted by Crippen LogP contribution is -2.36. The highest BCUT2D eigenvalue weighted by molar-refractivity contribution is 5.62. The van der Waals surface area contributed by atoms with Gasteiger partial charge in [0.15, 0.2) is 0 Å². The number of rotatable bonds is 5. The Balaban J connectivity index is 2.98. The lowest BCUT2D eigenvalue weighted by atomic mass is 9.74. The van der Waals surface area contributed by atoms with E-state index in [2.05, 4.69) is 0 Å². The summed E-state index contributed by atoms with van der Waals surface area (Å²) < 4.78 is 25.9. The van der Waals surface area contributed by atoms with E-state index in [-0.39, 0.29) is 11.5 Å². The highest BCUT2D eigenvalue weighted by atomic mass is 19.1. The van der Waals surface area contributed by atoms with Crippen LogP contribution in [0, 0.1) is 32.5 Å². The van der Waals surface area contributed by atoms with Gasteiger partial charge >= 0.3 is 0 Å². The van der Waals surface area contributed by atoms with Crippen molar-refractivity contribution in [2.45, 2.75) is 40.2 Å². The molecule has 3 nitrogen and oxygen atoms in total. The van der Waals surface area contributed by atoms with Crippen molar-refractivity contribution >= 4 is 0 Å². The monoisotopic (exact) mass is 346 g/mol. The Bertz CT molecular complexity index is 783. The van der Waals surface area contributed by atoms with Crippen LogP contribution in [0.2, 0.25) is 0 Å². The third-order valence-corrected chi connectivity index (χ3v) is 5.10. The van der Waals surface area contributed by atoms with E-state index in [0.717, 1.165) is 16.7 Å². The SMILES string of the molecule is COc1c(C)c(C)c(OC)c(C(O)(c2ccccc2F)C(C)C)c1C. The van der Waals surface area contributed by atoms with Crippen LogP contribution in [0.1, 0.15) is 41.7 Å². The Labute approximate surface area is 149 Å². The van der Waals surface area contributed by atoms with Crippen LogP contribution in [0.4, 0.5) is 4.39 Å². The summed E-state index contributed by atoms with van der Waals surface area (Å²) in [5.74, 6) is 0.514. The van der Waals surface area contributed by atoms with Gasteiger partial charge in [0, 0.05) is 16.7 Å². The first-order chi connectivity index (χ1) is 11.7. The molecule has 2 aromatic carbocycles. The molecule has 2 rings (SSSR count). The van der Waals surface area contributed by atoms with Crippen molar-refractivity contribution in [2.24, 2.45) is 5.92 Å². The van der Waals surface area contributed by atoms with Gasteiger partial charge in [0.1, 0.15) is 22.9 Å². The minimum absolute atomic E-state index is 0.233. The number of benzene rings is 2. The lowest BCUT2D eigenvalue weighted by Gasteiger charge is -2.37. The van der Waals surface area contributed by atoms with Gasteiger partial charge < -0.3 is 14.6 Å². The maximum absolute atomic E-state index is 14.6. The van der Waals surface area contributed by atoms with Gasteiger partial charge in [-0.25, -0.2) is 4.39 Å². The zero-order valence-electron chi connectivity index (χ0n) is 16.0. The van der Waals surface area contributed by atoms with Gasteiger partial charge in [-0.3, -0.25) is 0 Å². The lowest BCUT2D eigenvalue weighted by molar-refractivity contribution is 0.0251. The van der Waals surface area contributed by atoms with E-state index in [0.29, 0.717) is 17.1 Å². The average molecular weight is 346 g/mol. The van der Waals surface area contributed by atoms with Crippen LogP contribution < -0.4 is 9.47 Å². The second-order valence-corrected chi connectivity index (χ2v) is 6.72. The summed E-state index contributed by atoms with van der Waals surface area (Å²) in [7, 11) is 3.17. The van der Waals surface area contributed by atoms with Gasteiger partial charge in [-0.05, 0) is 43.9 Å². The molecule has 0 bridgehead atoms. The molecular formula is C21H27FO3. The van der Waals surface area contributed by atoms with E-state index in [1.165, 1.54) is 6.07 Å². The topological polar surface area (TPSA) is 38.7 Å². The Hall–Kier alpha value is -2.07. The number of methoxy groups -OCH3 is 2. The molecule has 136 valence electrons. The molecule has 0 radical (unpaired) electrons. The minimum Gasteiger partial charge on any atom is -0.496 e. The standard InChI is InChI=1S/C21H27FO3/c1-12(2)21(23,16-10-8-9-11-17(16)22)18-15(5)19(24-6)13(3)14(4)20(18)25-7/h8-12,23H,1-7H3. The fourth-order valence-electron chi connectivity index (χ4n) is 3.62. The average Bonchev–Trinajstić information content (AvgIpc) is 2.58. The number of ether oxygens (including phenoxy) is 2. The summed E-state index contributed by atoms with van der Waals surface area (Å²) in [6.07, 6.45) is 0. The molecule has 0 saturated carbocycles. The molecule has 0 amide bonds. The highest BCUT2D eigenvalue weighted by Crippen LogP contribution is 2.48. The van der Waals surface area contributed by atoms with Gasteiger partial charge in [0.05, 0.1) is 14.2 Å². The zero-order chi connectivity index (χ0) is 18.9. The van der Waals surface area contributed by atoms with E-state index in [9.17, 15) is 9.50 Å². The highest BCUT2D eigenvalue weighted by Gasteiger charge is 2.42. The van der Waals surface area contributed by atoms with Gasteiger partial charge in [0.25, 0.3) is 0 Å². The Morgan fingerprint density at radius 1 is 0.920 bits per heavy atom. The minimum atomic E-state index is -1.55. The number of aliphatic hydroxyl groups is 1. The maximum atomic E-state index is 14.6. The largest absolute Gasteiger partial charge is 0.496 e. The maximum Gasteiger partial charge on any atom is 0.129 e. The first-order valence-corrected chi connectivity index (χ1v) is 8.41. The predicted octanol–water partition coefficient (Wildman–Crippen LogP) is 4.66. The number of halogens is 1. The first kappa shape index (κ1) is 19.3. The van der Waals surface area contributed by atoms with Gasteiger partial charge in [-0.15, -0.1) is 0 Å². The van der Waals surface area contributed by atoms with E-state index < -0.39 is 11.4 Å². The van der Waals surface area contributed by atoms with Crippen molar-refractivity contribution in [3.05, 3.63) is 57.9 Å². The van der Waals surface area contributed by atoms with Crippen molar-refractivity contribution in [2.75, 3.05) is 14.2 Å². The molecule has 0 aliphatic carbocycles. The quantitative estimate of drug-likeness (QED) is 0.856. The molecule has 0 aliphatic rings. The third kappa shape index (κ3) is 2.89. The van der Waals surface area contributed by atoms with Crippen LogP contribution in [0.3, 0.4) is 0 Å². The second kappa shape index (κ2) is 7.04. The van der Waals surface area contributed by atoms with Crippen molar-refractivity contribution in [3.63, 3.8) is 0 Å². The van der Waals surface area contributed by atoms with Gasteiger partial charge in [-0.2, -0.15) is 0 Å². The summed E-state index contributed by atoms with van der Waals surface area (Å²) in [5, 5.41) is 11.8. The van der Waals surface area contributed by atoms with Crippen LogP contribution in [0.25, 0.3) is 0 Å². The Morgan fingerprint density at radius 2 is 1.44 bits per heavy atom. The molecule has 0 fully saturated rings. The van der Waals surface area contributed by atoms with Crippen molar-refractivity contribution < 1.29 is 19.0 Å². The Morgan fingerprint density at radius 3 is 1.92 bits per heavy atom. The normalized spacial score (nSPS) is 13.7. The molecule has 1 N–H and O–H groups in total. The van der Waals surface area contributed by atoms with Crippen LogP contribution in [0.15, 0.2) is 24.3 Å². The number of hydrogen-bond acceptors (Lipinski definition) is 3. The summed E-state index contributed by atoms with van der Waals surface area (Å²) in [4.78, 5) is 0. The molecule has 0 saturated heterocycles. The molecule has 25 heavy (non-hydrogen) atoms. The zero-order valence-corrected chi connectivity index (χ0v) is 16.0. The fourth-order valence-corrected chi connectivity index (χ4v) is 3.62. The summed E-state index contributed by atoms with van der Waals surface area (Å²) in [6, 6.07) is 6.33. The summed E-state index contributed by atoms with van der Waals surface area (Å²) in [6.45, 7) is 9.48. The number of hydrogen-bond donors (Lipinski definition) is 1. The van der Waals surface area contributed by atoms with Crippen molar-refractivity contribution in [3.8, 4) is 11.5 Å². The summed E-state index contributed by atoms with van der Waals surface area (Å²) in [5.41, 5.74) is 1.80. The second-order valence-electron chi connectivity index (χ2n) is 6.72. The molecule has 2 aromatic rings. The molecule has 4 heteroatoms. The molecule has 1 atom stereocenters.